The minimum absolute atomic E-state index is 0. The Hall–Kier alpha value is -2.06. The first-order chi connectivity index (χ1) is 15.9. The van der Waals surface area contributed by atoms with Crippen LogP contribution in [0.15, 0.2) is 12.3 Å². The van der Waals surface area contributed by atoms with Crippen molar-refractivity contribution in [2.24, 2.45) is 41.2 Å². The highest BCUT2D eigenvalue weighted by molar-refractivity contribution is 5.96. The van der Waals surface area contributed by atoms with Crippen LogP contribution in [0.4, 0.5) is 0 Å². The van der Waals surface area contributed by atoms with E-state index in [1.807, 2.05) is 0 Å². The van der Waals surface area contributed by atoms with Gasteiger partial charge in [0.05, 0.1) is 18.7 Å². The molecule has 5 rings (SSSR count). The van der Waals surface area contributed by atoms with Gasteiger partial charge in [0, 0.05) is 25.3 Å². The minimum atomic E-state index is -0.357. The summed E-state index contributed by atoms with van der Waals surface area (Å²) in [6.07, 6.45) is 11.4. The third kappa shape index (κ3) is 5.95. The van der Waals surface area contributed by atoms with Crippen LogP contribution >= 0.6 is 12.4 Å². The van der Waals surface area contributed by atoms with Crippen LogP contribution in [-0.4, -0.2) is 47.3 Å². The molecule has 190 valence electrons. The maximum absolute atomic E-state index is 13.3. The predicted molar refractivity (Wildman–Crippen MR) is 135 cm³/mol. The van der Waals surface area contributed by atoms with Crippen LogP contribution in [0.25, 0.3) is 6.20 Å². The Morgan fingerprint density at radius 3 is 2.41 bits per heavy atom. The number of hydrogen-bond acceptors (Lipinski definition) is 5. The summed E-state index contributed by atoms with van der Waals surface area (Å²) in [5.74, 6) is 3.10. The third-order valence-corrected chi connectivity index (χ3v) is 7.45. The fraction of sp³-hybridized carbons (Fsp3) is 0.720. The van der Waals surface area contributed by atoms with Crippen molar-refractivity contribution in [2.45, 2.75) is 58.9 Å². The molecule has 4 fully saturated rings. The molecule has 1 atom stereocenters. The van der Waals surface area contributed by atoms with Gasteiger partial charge in [0.25, 0.3) is 5.91 Å². The van der Waals surface area contributed by atoms with Gasteiger partial charge in [-0.05, 0) is 61.7 Å². The summed E-state index contributed by atoms with van der Waals surface area (Å²) in [6, 6.07) is 0.258. The van der Waals surface area contributed by atoms with Crippen molar-refractivity contribution < 1.29 is 14.3 Å². The van der Waals surface area contributed by atoms with Crippen molar-refractivity contribution in [3.63, 3.8) is 0 Å². The molecule has 9 heteroatoms. The Balaban J connectivity index is 0.00000324. The molecule has 34 heavy (non-hydrogen) atoms. The molecule has 8 nitrogen and oxygen atoms in total. The second-order valence-corrected chi connectivity index (χ2v) is 10.7. The van der Waals surface area contributed by atoms with E-state index in [2.05, 4.69) is 29.6 Å². The standard InChI is InChI=1S/C25H39N5O3.ClH/c1-15(2)14-33-25-21(13-28-30(25)7-4-16(3)23(31)27-6-5-26)24(32)29-22-19-9-17-8-18(11-19)12-20(22)10-17;/h4,7,13,15-20,22H,5-6,8-12,14,26H2,1-3H3,(H,27,31)(H,29,32);1H/b7-4+;. The molecule has 0 spiro atoms. The van der Waals surface area contributed by atoms with Gasteiger partial charge < -0.3 is 21.1 Å². The molecule has 4 aliphatic rings. The van der Waals surface area contributed by atoms with Crippen LogP contribution < -0.4 is 21.1 Å². The van der Waals surface area contributed by atoms with Crippen LogP contribution in [0.1, 0.15) is 63.2 Å². The van der Waals surface area contributed by atoms with E-state index < -0.39 is 0 Å². The summed E-state index contributed by atoms with van der Waals surface area (Å²) in [4.78, 5) is 25.5. The van der Waals surface area contributed by atoms with Crippen molar-refractivity contribution >= 4 is 30.4 Å². The van der Waals surface area contributed by atoms with Gasteiger partial charge in [-0.15, -0.1) is 12.4 Å². The van der Waals surface area contributed by atoms with E-state index in [0.717, 1.165) is 11.8 Å². The molecule has 4 N–H and O–H groups in total. The number of halogens is 1. The van der Waals surface area contributed by atoms with Crippen LogP contribution in [-0.2, 0) is 4.79 Å². The van der Waals surface area contributed by atoms with Gasteiger partial charge in [0.2, 0.25) is 11.8 Å². The molecule has 1 unspecified atom stereocenters. The second-order valence-electron chi connectivity index (χ2n) is 10.7. The molecule has 4 aliphatic carbocycles. The lowest BCUT2D eigenvalue weighted by Gasteiger charge is -2.54. The van der Waals surface area contributed by atoms with E-state index in [1.165, 1.54) is 32.1 Å². The maximum Gasteiger partial charge on any atom is 0.258 e. The van der Waals surface area contributed by atoms with Crippen molar-refractivity contribution in [3.8, 4) is 5.88 Å². The molecule has 1 aromatic rings. The molecule has 4 bridgehead atoms. The third-order valence-electron chi connectivity index (χ3n) is 7.45. The lowest BCUT2D eigenvalue weighted by molar-refractivity contribution is -0.123. The fourth-order valence-corrected chi connectivity index (χ4v) is 6.05. The molecule has 0 radical (unpaired) electrons. The molecule has 1 heterocycles. The molecular weight excluding hydrogens is 454 g/mol. The Morgan fingerprint density at radius 1 is 1.18 bits per heavy atom. The molecule has 1 aromatic heterocycles. The number of nitrogens with one attached hydrogen (secondary N) is 2. The zero-order valence-electron chi connectivity index (χ0n) is 20.5. The Kier molecular flexibility index (Phi) is 9.04. The van der Waals surface area contributed by atoms with Crippen molar-refractivity contribution in [3.05, 3.63) is 17.8 Å². The van der Waals surface area contributed by atoms with Crippen molar-refractivity contribution in [1.29, 1.82) is 0 Å². The molecular formula is C25H40ClN5O3. The van der Waals surface area contributed by atoms with E-state index in [4.69, 9.17) is 10.5 Å². The SMILES string of the molecule is CC(C)COc1c(C(=O)NC2C3CC4CC(C3)CC2C4)cnn1/C=C/C(C)C(=O)NCCN.Cl. The van der Waals surface area contributed by atoms with Gasteiger partial charge in [-0.1, -0.05) is 26.8 Å². The zero-order valence-corrected chi connectivity index (χ0v) is 21.4. The van der Waals surface area contributed by atoms with Gasteiger partial charge in [-0.3, -0.25) is 9.59 Å². The van der Waals surface area contributed by atoms with Crippen molar-refractivity contribution in [2.75, 3.05) is 19.7 Å². The predicted octanol–water partition coefficient (Wildman–Crippen LogP) is 3.08. The molecule has 0 aliphatic heterocycles. The zero-order chi connectivity index (χ0) is 23.5. The molecule has 0 aromatic carbocycles. The summed E-state index contributed by atoms with van der Waals surface area (Å²) < 4.78 is 7.58. The summed E-state index contributed by atoms with van der Waals surface area (Å²) >= 11 is 0. The summed E-state index contributed by atoms with van der Waals surface area (Å²) in [6.45, 7) is 7.25. The van der Waals surface area contributed by atoms with Gasteiger partial charge in [-0.25, -0.2) is 4.68 Å². The topological polar surface area (TPSA) is 111 Å². The number of carbonyl (C=O) groups is 2. The number of aromatic nitrogens is 2. The normalized spacial score (nSPS) is 28.1. The smallest absolute Gasteiger partial charge is 0.258 e. The Labute approximate surface area is 208 Å². The number of nitrogens with two attached hydrogens (primary N) is 1. The molecule has 2 amide bonds. The maximum atomic E-state index is 13.3. The highest BCUT2D eigenvalue weighted by Gasteiger charge is 2.48. The number of amides is 2. The monoisotopic (exact) mass is 493 g/mol. The van der Waals surface area contributed by atoms with E-state index in [0.29, 0.717) is 48.9 Å². The van der Waals surface area contributed by atoms with Gasteiger partial charge >= 0.3 is 0 Å². The Morgan fingerprint density at radius 2 is 1.82 bits per heavy atom. The lowest BCUT2D eigenvalue weighted by atomic mass is 9.54. The summed E-state index contributed by atoms with van der Waals surface area (Å²) in [5.41, 5.74) is 5.91. The lowest BCUT2D eigenvalue weighted by Crippen LogP contribution is -2.55. The Bertz CT molecular complexity index is 856. The van der Waals surface area contributed by atoms with Crippen molar-refractivity contribution in [1.82, 2.24) is 20.4 Å². The van der Waals surface area contributed by atoms with E-state index in [9.17, 15) is 9.59 Å². The molecule has 4 saturated carbocycles. The largest absolute Gasteiger partial charge is 0.477 e. The average molecular weight is 494 g/mol. The van der Waals surface area contributed by atoms with E-state index >= 15 is 0 Å². The van der Waals surface area contributed by atoms with Gasteiger partial charge in [0.15, 0.2) is 0 Å². The summed E-state index contributed by atoms with van der Waals surface area (Å²) in [5, 5.41) is 10.5. The number of carbonyl (C=O) groups excluding carboxylic acids is 2. The average Bonchev–Trinajstić information content (AvgIpc) is 3.19. The van der Waals surface area contributed by atoms with E-state index in [1.54, 1.807) is 30.1 Å². The minimum Gasteiger partial charge on any atom is -0.477 e. The van der Waals surface area contributed by atoms with Gasteiger partial charge in [0.1, 0.15) is 5.56 Å². The number of nitrogens with zero attached hydrogens (tertiary/aromatic N) is 2. The number of ether oxygens (including phenoxy) is 1. The first-order valence-electron chi connectivity index (χ1n) is 12.5. The van der Waals surface area contributed by atoms with E-state index in [-0.39, 0.29) is 36.2 Å². The summed E-state index contributed by atoms with van der Waals surface area (Å²) in [7, 11) is 0. The highest BCUT2D eigenvalue weighted by atomic mass is 35.5. The van der Waals surface area contributed by atoms with Crippen LogP contribution in [0.5, 0.6) is 5.88 Å². The van der Waals surface area contributed by atoms with Crippen LogP contribution in [0.2, 0.25) is 0 Å². The molecule has 0 saturated heterocycles. The van der Waals surface area contributed by atoms with Crippen LogP contribution in [0, 0.1) is 35.5 Å². The van der Waals surface area contributed by atoms with Gasteiger partial charge in [-0.2, -0.15) is 5.10 Å². The second kappa shape index (κ2) is 11.6. The number of rotatable bonds is 10. The fourth-order valence-electron chi connectivity index (χ4n) is 6.05. The first-order valence-corrected chi connectivity index (χ1v) is 12.5. The quantitative estimate of drug-likeness (QED) is 0.463. The first kappa shape index (κ1) is 26.5. The van der Waals surface area contributed by atoms with Crippen LogP contribution in [0.3, 0.4) is 0 Å². The number of hydrogen-bond donors (Lipinski definition) is 3. The highest BCUT2D eigenvalue weighted by Crippen LogP contribution is 2.53.